The lowest BCUT2D eigenvalue weighted by Gasteiger charge is -2.12. The van der Waals surface area contributed by atoms with Crippen molar-refractivity contribution in [2.45, 2.75) is 6.54 Å². The highest BCUT2D eigenvalue weighted by molar-refractivity contribution is 7.98. The monoisotopic (exact) mass is 384 g/mol. The van der Waals surface area contributed by atoms with Gasteiger partial charge in [-0.1, -0.05) is 12.1 Å². The molecule has 8 heteroatoms. The predicted octanol–water partition coefficient (Wildman–Crippen LogP) is 1.94. The Morgan fingerprint density at radius 2 is 2.04 bits per heavy atom. The van der Waals surface area contributed by atoms with Crippen molar-refractivity contribution < 1.29 is 9.53 Å². The number of fused-ring (bicyclic) bond motifs is 1. The van der Waals surface area contributed by atoms with Crippen LogP contribution in [0.25, 0.3) is 11.2 Å². The summed E-state index contributed by atoms with van der Waals surface area (Å²) in [6, 6.07) is 10.9. The van der Waals surface area contributed by atoms with Crippen LogP contribution in [0.5, 0.6) is 5.75 Å². The maximum absolute atomic E-state index is 13.0. The first-order valence-corrected chi connectivity index (χ1v) is 9.79. The average molecular weight is 384 g/mol. The summed E-state index contributed by atoms with van der Waals surface area (Å²) in [6.45, 7) is 0.759. The highest BCUT2D eigenvalue weighted by Crippen LogP contribution is 2.14. The molecule has 7 nitrogen and oxygen atoms in total. The lowest BCUT2D eigenvalue weighted by molar-refractivity contribution is 0.0949. The van der Waals surface area contributed by atoms with Gasteiger partial charge in [-0.15, -0.1) is 0 Å². The first kappa shape index (κ1) is 18.9. The third-order valence-corrected chi connectivity index (χ3v) is 4.62. The molecular weight excluding hydrogens is 364 g/mol. The number of thioether (sulfide) groups is 1. The van der Waals surface area contributed by atoms with Gasteiger partial charge in [0, 0.05) is 18.5 Å². The van der Waals surface area contributed by atoms with E-state index in [4.69, 9.17) is 4.74 Å². The SMILES string of the molecule is COc1ccc(Cn2c(=O)c(C(=O)NCCSC)nc3cccnc32)cc1. The van der Waals surface area contributed by atoms with Crippen LogP contribution in [0.1, 0.15) is 16.1 Å². The molecule has 0 spiro atoms. The number of rotatable bonds is 7. The second-order valence-corrected chi connectivity index (χ2v) is 6.78. The largest absolute Gasteiger partial charge is 0.497 e. The van der Waals surface area contributed by atoms with Crippen LogP contribution in [0.4, 0.5) is 0 Å². The summed E-state index contributed by atoms with van der Waals surface area (Å²) >= 11 is 1.61. The summed E-state index contributed by atoms with van der Waals surface area (Å²) in [7, 11) is 1.60. The highest BCUT2D eigenvalue weighted by Gasteiger charge is 2.18. The van der Waals surface area contributed by atoms with Crippen molar-refractivity contribution in [1.29, 1.82) is 0 Å². The number of pyridine rings is 1. The van der Waals surface area contributed by atoms with Gasteiger partial charge in [-0.3, -0.25) is 14.2 Å². The summed E-state index contributed by atoms with van der Waals surface area (Å²) in [5.41, 5.74) is 1.26. The van der Waals surface area contributed by atoms with Gasteiger partial charge in [0.2, 0.25) is 0 Å². The Labute approximate surface area is 160 Å². The van der Waals surface area contributed by atoms with Crippen molar-refractivity contribution >= 4 is 28.8 Å². The Bertz CT molecular complexity index is 1000. The fourth-order valence-electron chi connectivity index (χ4n) is 2.63. The van der Waals surface area contributed by atoms with Gasteiger partial charge in [-0.05, 0) is 36.1 Å². The number of nitrogens with one attached hydrogen (secondary N) is 1. The van der Waals surface area contributed by atoms with Gasteiger partial charge in [-0.2, -0.15) is 11.8 Å². The minimum atomic E-state index is -0.469. The van der Waals surface area contributed by atoms with E-state index < -0.39 is 11.5 Å². The van der Waals surface area contributed by atoms with Crippen molar-refractivity contribution in [1.82, 2.24) is 19.9 Å². The van der Waals surface area contributed by atoms with Gasteiger partial charge >= 0.3 is 0 Å². The molecule has 3 rings (SSSR count). The number of amides is 1. The number of methoxy groups -OCH3 is 1. The highest BCUT2D eigenvalue weighted by atomic mass is 32.2. The summed E-state index contributed by atoms with van der Waals surface area (Å²) in [4.78, 5) is 33.9. The molecule has 0 saturated heterocycles. The van der Waals surface area contributed by atoms with Crippen LogP contribution >= 0.6 is 11.8 Å². The van der Waals surface area contributed by atoms with E-state index in [9.17, 15) is 9.59 Å². The van der Waals surface area contributed by atoms with Crippen LogP contribution in [-0.2, 0) is 6.54 Å². The predicted molar refractivity (Wildman–Crippen MR) is 107 cm³/mol. The van der Waals surface area contributed by atoms with E-state index in [0.29, 0.717) is 17.7 Å². The molecular formula is C19H20N4O3S. The van der Waals surface area contributed by atoms with E-state index in [-0.39, 0.29) is 12.2 Å². The van der Waals surface area contributed by atoms with Crippen molar-refractivity contribution in [3.63, 3.8) is 0 Å². The minimum absolute atomic E-state index is 0.120. The van der Waals surface area contributed by atoms with Gasteiger partial charge in [0.15, 0.2) is 11.3 Å². The van der Waals surface area contributed by atoms with Gasteiger partial charge in [-0.25, -0.2) is 9.97 Å². The lowest BCUT2D eigenvalue weighted by atomic mass is 10.2. The molecule has 2 heterocycles. The van der Waals surface area contributed by atoms with Crippen LogP contribution in [0.15, 0.2) is 47.4 Å². The molecule has 1 N–H and O–H groups in total. The van der Waals surface area contributed by atoms with E-state index >= 15 is 0 Å². The molecule has 27 heavy (non-hydrogen) atoms. The molecule has 0 aliphatic heterocycles. The van der Waals surface area contributed by atoms with Gasteiger partial charge < -0.3 is 10.1 Å². The Morgan fingerprint density at radius 3 is 2.74 bits per heavy atom. The zero-order valence-corrected chi connectivity index (χ0v) is 16.0. The van der Waals surface area contributed by atoms with Crippen molar-refractivity contribution in [2.24, 2.45) is 0 Å². The van der Waals surface area contributed by atoms with Crippen LogP contribution in [-0.4, -0.2) is 46.1 Å². The van der Waals surface area contributed by atoms with Gasteiger partial charge in [0.1, 0.15) is 11.3 Å². The summed E-state index contributed by atoms with van der Waals surface area (Å²) in [5.74, 6) is 1.03. The molecule has 2 aromatic heterocycles. The van der Waals surface area contributed by atoms with E-state index in [0.717, 1.165) is 17.1 Å². The number of hydrogen-bond acceptors (Lipinski definition) is 6. The number of benzene rings is 1. The molecule has 140 valence electrons. The number of aromatic nitrogens is 3. The third kappa shape index (κ3) is 4.28. The van der Waals surface area contributed by atoms with Crippen molar-refractivity contribution in [2.75, 3.05) is 25.7 Å². The normalized spacial score (nSPS) is 10.7. The molecule has 1 aromatic carbocycles. The second-order valence-electron chi connectivity index (χ2n) is 5.79. The standard InChI is InChI=1S/C19H20N4O3S/c1-26-14-7-5-13(6-8-14)12-23-17-15(4-3-9-20-17)22-16(19(23)25)18(24)21-10-11-27-2/h3-9H,10-12H2,1-2H3,(H,21,24). The average Bonchev–Trinajstić information content (AvgIpc) is 2.70. The Hall–Kier alpha value is -2.87. The molecule has 0 aliphatic rings. The topological polar surface area (TPSA) is 86.1 Å². The third-order valence-electron chi connectivity index (χ3n) is 4.01. The molecule has 0 fully saturated rings. The molecule has 1 amide bonds. The number of carbonyl (C=O) groups excluding carboxylic acids is 1. The Kier molecular flexibility index (Phi) is 6.08. The van der Waals surface area contributed by atoms with Crippen LogP contribution in [0.2, 0.25) is 0 Å². The molecule has 3 aromatic rings. The Morgan fingerprint density at radius 1 is 1.26 bits per heavy atom. The fraction of sp³-hybridized carbons (Fsp3) is 0.263. The number of hydrogen-bond donors (Lipinski definition) is 1. The number of carbonyl (C=O) groups is 1. The van der Waals surface area contributed by atoms with Crippen molar-refractivity contribution in [3.05, 3.63) is 64.2 Å². The van der Waals surface area contributed by atoms with Crippen LogP contribution in [0.3, 0.4) is 0 Å². The smallest absolute Gasteiger partial charge is 0.284 e. The summed E-state index contributed by atoms with van der Waals surface area (Å²) < 4.78 is 6.64. The lowest BCUT2D eigenvalue weighted by Crippen LogP contribution is -2.36. The quantitative estimate of drug-likeness (QED) is 0.627. The number of ether oxygens (including phenoxy) is 1. The van der Waals surface area contributed by atoms with Crippen molar-refractivity contribution in [3.8, 4) is 5.75 Å². The first-order valence-electron chi connectivity index (χ1n) is 8.39. The summed E-state index contributed by atoms with van der Waals surface area (Å²) in [6.07, 6.45) is 3.56. The van der Waals surface area contributed by atoms with E-state index in [1.807, 2.05) is 30.5 Å². The van der Waals surface area contributed by atoms with Crippen LogP contribution < -0.4 is 15.6 Å². The second kappa shape index (κ2) is 8.68. The molecule has 0 saturated carbocycles. The first-order chi connectivity index (χ1) is 13.1. The van der Waals surface area contributed by atoms with Crippen LogP contribution in [0, 0.1) is 0 Å². The molecule has 0 radical (unpaired) electrons. The van der Waals surface area contributed by atoms with Gasteiger partial charge in [0.05, 0.1) is 13.7 Å². The van der Waals surface area contributed by atoms with Gasteiger partial charge in [0.25, 0.3) is 11.5 Å². The molecule has 0 aliphatic carbocycles. The van der Waals surface area contributed by atoms with E-state index in [2.05, 4.69) is 15.3 Å². The molecule has 0 unspecified atom stereocenters. The minimum Gasteiger partial charge on any atom is -0.497 e. The van der Waals surface area contributed by atoms with E-state index in [1.54, 1.807) is 37.2 Å². The number of nitrogens with zero attached hydrogens (tertiary/aromatic N) is 3. The zero-order valence-electron chi connectivity index (χ0n) is 15.1. The molecule has 0 atom stereocenters. The maximum Gasteiger partial charge on any atom is 0.284 e. The zero-order chi connectivity index (χ0) is 19.2. The maximum atomic E-state index is 13.0. The molecule has 0 bridgehead atoms. The van der Waals surface area contributed by atoms with E-state index in [1.165, 1.54) is 4.57 Å². The summed E-state index contributed by atoms with van der Waals surface area (Å²) in [5, 5.41) is 2.74. The Balaban J connectivity index is 2.02. The fourth-order valence-corrected chi connectivity index (χ4v) is 2.94.